The molecule has 2 N–H and O–H groups in total. The van der Waals surface area contributed by atoms with Crippen molar-refractivity contribution in [3.63, 3.8) is 0 Å². The molecule has 0 spiro atoms. The predicted octanol–water partition coefficient (Wildman–Crippen LogP) is 3.53. The Morgan fingerprint density at radius 1 is 1.44 bits per heavy atom. The number of anilines is 1. The maximum atomic E-state index is 5.97. The van der Waals surface area contributed by atoms with Gasteiger partial charge in [0.15, 0.2) is 5.82 Å². The van der Waals surface area contributed by atoms with Gasteiger partial charge in [-0.3, -0.25) is 0 Å². The van der Waals surface area contributed by atoms with Gasteiger partial charge in [-0.05, 0) is 24.8 Å². The third kappa shape index (κ3) is 2.90. The van der Waals surface area contributed by atoms with Crippen molar-refractivity contribution in [3.05, 3.63) is 16.8 Å². The molecular weight excluding hydrogens is 246 g/mol. The fraction of sp³-hybridized carbons (Fsp3) is 0.538. The Labute approximate surface area is 111 Å². The van der Waals surface area contributed by atoms with Gasteiger partial charge in [-0.1, -0.05) is 25.9 Å². The summed E-state index contributed by atoms with van der Waals surface area (Å²) in [6, 6.07) is 2.04. The Bertz CT molecular complexity index is 516. The molecule has 2 heterocycles. The monoisotopic (exact) mass is 265 g/mol. The molecule has 0 unspecified atom stereocenters. The van der Waals surface area contributed by atoms with Gasteiger partial charge in [-0.2, -0.15) is 4.98 Å². The van der Waals surface area contributed by atoms with Crippen LogP contribution in [0.25, 0.3) is 11.5 Å². The summed E-state index contributed by atoms with van der Waals surface area (Å²) in [5, 5.41) is 4.76. The summed E-state index contributed by atoms with van der Waals surface area (Å²) in [5.74, 6) is 1.95. The number of aryl methyl sites for hydroxylation is 2. The zero-order valence-electron chi connectivity index (χ0n) is 11.1. The fourth-order valence-electron chi connectivity index (χ4n) is 1.68. The molecule has 98 valence electrons. The second-order valence-electron chi connectivity index (χ2n) is 4.79. The van der Waals surface area contributed by atoms with Crippen molar-refractivity contribution in [1.29, 1.82) is 0 Å². The molecule has 2 aromatic rings. The molecule has 0 aliphatic heterocycles. The van der Waals surface area contributed by atoms with Crippen LogP contribution in [0, 0.1) is 5.92 Å². The fourth-order valence-corrected chi connectivity index (χ4v) is 2.54. The number of nitrogens with two attached hydrogens (primary N) is 1. The SMILES string of the molecule is CCc1cc(-c2nc(CCC(C)C)no2)c(N)s1. The molecular formula is C13H19N3OS. The normalized spacial score (nSPS) is 11.3. The van der Waals surface area contributed by atoms with E-state index in [4.69, 9.17) is 10.3 Å². The highest BCUT2D eigenvalue weighted by molar-refractivity contribution is 7.16. The molecule has 2 aromatic heterocycles. The molecule has 0 bridgehead atoms. The van der Waals surface area contributed by atoms with E-state index in [1.807, 2.05) is 6.07 Å². The average molecular weight is 265 g/mol. The molecule has 0 radical (unpaired) electrons. The highest BCUT2D eigenvalue weighted by Gasteiger charge is 2.14. The van der Waals surface area contributed by atoms with E-state index in [0.717, 1.165) is 35.7 Å². The highest BCUT2D eigenvalue weighted by atomic mass is 32.1. The number of aromatic nitrogens is 2. The standard InChI is InChI=1S/C13H19N3OS/c1-4-9-7-10(12(14)18-9)13-15-11(16-17-13)6-5-8(2)3/h7-8H,4-6,14H2,1-3H3. The molecule has 0 atom stereocenters. The second kappa shape index (κ2) is 5.52. The third-order valence-corrected chi connectivity index (χ3v) is 3.91. The predicted molar refractivity (Wildman–Crippen MR) is 74.6 cm³/mol. The van der Waals surface area contributed by atoms with Crippen LogP contribution in [0.1, 0.15) is 37.9 Å². The van der Waals surface area contributed by atoms with E-state index in [1.54, 1.807) is 11.3 Å². The van der Waals surface area contributed by atoms with Crippen molar-refractivity contribution < 1.29 is 4.52 Å². The van der Waals surface area contributed by atoms with Gasteiger partial charge in [0.2, 0.25) is 0 Å². The summed E-state index contributed by atoms with van der Waals surface area (Å²) >= 11 is 1.59. The summed E-state index contributed by atoms with van der Waals surface area (Å²) in [6.07, 6.45) is 2.90. The molecule has 18 heavy (non-hydrogen) atoms. The first-order valence-electron chi connectivity index (χ1n) is 6.31. The lowest BCUT2D eigenvalue weighted by Crippen LogP contribution is -1.94. The molecule has 2 rings (SSSR count). The minimum atomic E-state index is 0.544. The quantitative estimate of drug-likeness (QED) is 0.898. The summed E-state index contributed by atoms with van der Waals surface area (Å²) < 4.78 is 5.29. The molecule has 0 aliphatic rings. The Balaban J connectivity index is 2.15. The number of thiophene rings is 1. The van der Waals surface area contributed by atoms with Crippen LogP contribution in [0.2, 0.25) is 0 Å². The van der Waals surface area contributed by atoms with Crippen molar-refractivity contribution in [3.8, 4) is 11.5 Å². The molecule has 4 nitrogen and oxygen atoms in total. The summed E-state index contributed by atoms with van der Waals surface area (Å²) in [5.41, 5.74) is 6.85. The Morgan fingerprint density at radius 2 is 2.22 bits per heavy atom. The molecule has 5 heteroatoms. The van der Waals surface area contributed by atoms with Gasteiger partial charge in [0.1, 0.15) is 0 Å². The number of hydrogen-bond acceptors (Lipinski definition) is 5. The topological polar surface area (TPSA) is 64.9 Å². The molecule has 0 aliphatic carbocycles. The van der Waals surface area contributed by atoms with E-state index in [0.29, 0.717) is 11.8 Å². The van der Waals surface area contributed by atoms with E-state index < -0.39 is 0 Å². The van der Waals surface area contributed by atoms with Crippen LogP contribution in [-0.4, -0.2) is 10.1 Å². The first kappa shape index (κ1) is 13.1. The highest BCUT2D eigenvalue weighted by Crippen LogP contribution is 2.33. The zero-order valence-corrected chi connectivity index (χ0v) is 11.9. The van der Waals surface area contributed by atoms with E-state index >= 15 is 0 Å². The lowest BCUT2D eigenvalue weighted by Gasteiger charge is -1.98. The Kier molecular flexibility index (Phi) is 4.01. The number of nitrogens with zero attached hydrogens (tertiary/aromatic N) is 2. The Hall–Kier alpha value is -1.36. The summed E-state index contributed by atoms with van der Waals surface area (Å²) in [6.45, 7) is 6.48. The van der Waals surface area contributed by atoms with Gasteiger partial charge in [-0.25, -0.2) is 0 Å². The largest absolute Gasteiger partial charge is 0.390 e. The van der Waals surface area contributed by atoms with E-state index in [-0.39, 0.29) is 0 Å². The van der Waals surface area contributed by atoms with Crippen molar-refractivity contribution >= 4 is 16.3 Å². The van der Waals surface area contributed by atoms with Crippen molar-refractivity contribution in [2.24, 2.45) is 5.92 Å². The minimum absolute atomic E-state index is 0.544. The summed E-state index contributed by atoms with van der Waals surface area (Å²) in [7, 11) is 0. The smallest absolute Gasteiger partial charge is 0.260 e. The zero-order chi connectivity index (χ0) is 13.1. The van der Waals surface area contributed by atoms with Crippen LogP contribution in [0.3, 0.4) is 0 Å². The Morgan fingerprint density at radius 3 is 2.83 bits per heavy atom. The maximum Gasteiger partial charge on any atom is 0.260 e. The lowest BCUT2D eigenvalue weighted by atomic mass is 10.1. The minimum Gasteiger partial charge on any atom is -0.390 e. The number of rotatable bonds is 5. The van der Waals surface area contributed by atoms with E-state index in [2.05, 4.69) is 30.9 Å². The van der Waals surface area contributed by atoms with Gasteiger partial charge >= 0.3 is 0 Å². The first-order valence-corrected chi connectivity index (χ1v) is 7.13. The van der Waals surface area contributed by atoms with Crippen LogP contribution in [-0.2, 0) is 12.8 Å². The average Bonchev–Trinajstić information content (AvgIpc) is 2.92. The van der Waals surface area contributed by atoms with Crippen LogP contribution in [0.4, 0.5) is 5.00 Å². The van der Waals surface area contributed by atoms with Crippen LogP contribution >= 0.6 is 11.3 Å². The van der Waals surface area contributed by atoms with E-state index in [1.165, 1.54) is 4.88 Å². The van der Waals surface area contributed by atoms with Gasteiger partial charge in [-0.15, -0.1) is 11.3 Å². The van der Waals surface area contributed by atoms with Gasteiger partial charge in [0, 0.05) is 11.3 Å². The summed E-state index contributed by atoms with van der Waals surface area (Å²) in [4.78, 5) is 5.65. The van der Waals surface area contributed by atoms with Gasteiger partial charge < -0.3 is 10.3 Å². The van der Waals surface area contributed by atoms with Crippen LogP contribution in [0.5, 0.6) is 0 Å². The van der Waals surface area contributed by atoms with Gasteiger partial charge in [0.25, 0.3) is 5.89 Å². The molecule has 0 fully saturated rings. The number of hydrogen-bond donors (Lipinski definition) is 1. The van der Waals surface area contributed by atoms with Crippen molar-refractivity contribution in [2.45, 2.75) is 40.0 Å². The van der Waals surface area contributed by atoms with Crippen LogP contribution in [0.15, 0.2) is 10.6 Å². The lowest BCUT2D eigenvalue weighted by molar-refractivity contribution is 0.419. The second-order valence-corrected chi connectivity index (χ2v) is 5.96. The third-order valence-electron chi connectivity index (χ3n) is 2.80. The molecule has 0 saturated carbocycles. The first-order chi connectivity index (χ1) is 8.60. The number of nitrogen functional groups attached to an aromatic ring is 1. The van der Waals surface area contributed by atoms with Gasteiger partial charge in [0.05, 0.1) is 10.6 Å². The van der Waals surface area contributed by atoms with Crippen molar-refractivity contribution in [2.75, 3.05) is 5.73 Å². The molecule has 0 amide bonds. The molecule has 0 saturated heterocycles. The maximum absolute atomic E-state index is 5.97. The van der Waals surface area contributed by atoms with Crippen molar-refractivity contribution in [1.82, 2.24) is 10.1 Å². The molecule has 0 aromatic carbocycles. The van der Waals surface area contributed by atoms with E-state index in [9.17, 15) is 0 Å². The van der Waals surface area contributed by atoms with Crippen LogP contribution < -0.4 is 5.73 Å².